The molecule has 2 rings (SSSR count). The third-order valence-electron chi connectivity index (χ3n) is 4.28. The number of thiazole rings is 1. The van der Waals surface area contributed by atoms with Crippen LogP contribution in [0.5, 0.6) is 0 Å². The summed E-state index contributed by atoms with van der Waals surface area (Å²) in [6.45, 7) is 5.99. The number of amides is 1. The summed E-state index contributed by atoms with van der Waals surface area (Å²) >= 11 is 1.75. The molecule has 0 saturated carbocycles. The molecule has 0 saturated heterocycles. The van der Waals surface area contributed by atoms with E-state index >= 15 is 0 Å². The monoisotopic (exact) mass is 310 g/mol. The van der Waals surface area contributed by atoms with Gasteiger partial charge < -0.3 is 10.0 Å². The van der Waals surface area contributed by atoms with Crippen molar-refractivity contribution >= 4 is 17.2 Å². The Morgan fingerprint density at radius 2 is 2.24 bits per heavy atom. The van der Waals surface area contributed by atoms with E-state index in [1.807, 2.05) is 25.8 Å². The number of hydrogen-bond donors (Lipinski definition) is 1. The third kappa shape index (κ3) is 3.64. The number of carbonyl (C=O) groups is 1. The number of aliphatic hydroxyl groups is 1. The lowest BCUT2D eigenvalue weighted by atomic mass is 9.96. The molecule has 4 nitrogen and oxygen atoms in total. The van der Waals surface area contributed by atoms with Gasteiger partial charge in [0, 0.05) is 7.05 Å². The van der Waals surface area contributed by atoms with Crippen LogP contribution in [0.25, 0.3) is 0 Å². The highest BCUT2D eigenvalue weighted by Crippen LogP contribution is 2.38. The zero-order valence-corrected chi connectivity index (χ0v) is 14.2. The first-order chi connectivity index (χ1) is 9.93. The summed E-state index contributed by atoms with van der Waals surface area (Å²) in [5, 5.41) is 11.1. The Balaban J connectivity index is 2.11. The normalized spacial score (nSPS) is 19.4. The molecule has 2 atom stereocenters. The van der Waals surface area contributed by atoms with Gasteiger partial charge >= 0.3 is 0 Å². The van der Waals surface area contributed by atoms with Crippen molar-refractivity contribution in [1.82, 2.24) is 9.88 Å². The van der Waals surface area contributed by atoms with Crippen molar-refractivity contribution in [3.8, 4) is 0 Å². The number of rotatable bonds is 5. The largest absolute Gasteiger partial charge is 0.392 e. The Hall–Kier alpha value is -0.940. The summed E-state index contributed by atoms with van der Waals surface area (Å²) < 4.78 is 0. The van der Waals surface area contributed by atoms with Crippen molar-refractivity contribution in [1.29, 1.82) is 0 Å². The summed E-state index contributed by atoms with van der Waals surface area (Å²) in [4.78, 5) is 20.2. The molecule has 0 aromatic carbocycles. The van der Waals surface area contributed by atoms with Gasteiger partial charge in [0.25, 0.3) is 0 Å². The lowest BCUT2D eigenvalue weighted by Gasteiger charge is -2.31. The van der Waals surface area contributed by atoms with Gasteiger partial charge in [-0.2, -0.15) is 0 Å². The maximum Gasteiger partial charge on any atom is 0.225 e. The second-order valence-electron chi connectivity index (χ2n) is 6.20. The first kappa shape index (κ1) is 16.4. The number of aryl methyl sites for hydroxylation is 2. The Bertz CT molecular complexity index is 498. The SMILES string of the molecule is CCc1nc2c(s1)C(N(C)C(=O)CC(O)C(C)C)CCC2. The van der Waals surface area contributed by atoms with Crippen LogP contribution in [0.2, 0.25) is 0 Å². The Labute approximate surface area is 131 Å². The van der Waals surface area contributed by atoms with Gasteiger partial charge in [0.2, 0.25) is 5.91 Å². The Kier molecular flexibility index (Phi) is 5.38. The lowest BCUT2D eigenvalue weighted by molar-refractivity contribution is -0.135. The minimum absolute atomic E-state index is 0.0282. The van der Waals surface area contributed by atoms with Crippen LogP contribution < -0.4 is 0 Å². The topological polar surface area (TPSA) is 53.4 Å². The molecule has 0 radical (unpaired) electrons. The van der Waals surface area contributed by atoms with E-state index in [9.17, 15) is 9.90 Å². The molecule has 0 fully saturated rings. The summed E-state index contributed by atoms with van der Waals surface area (Å²) in [5.41, 5.74) is 1.18. The molecular formula is C16H26N2O2S. The van der Waals surface area contributed by atoms with Gasteiger partial charge in [-0.1, -0.05) is 20.8 Å². The van der Waals surface area contributed by atoms with Crippen molar-refractivity contribution in [2.45, 2.75) is 65.0 Å². The van der Waals surface area contributed by atoms with Crippen LogP contribution in [-0.4, -0.2) is 34.0 Å². The van der Waals surface area contributed by atoms with E-state index in [-0.39, 0.29) is 24.3 Å². The van der Waals surface area contributed by atoms with Crippen LogP contribution in [0, 0.1) is 5.92 Å². The zero-order valence-electron chi connectivity index (χ0n) is 13.4. The van der Waals surface area contributed by atoms with Crippen molar-refractivity contribution < 1.29 is 9.90 Å². The fourth-order valence-corrected chi connectivity index (χ4v) is 3.93. The van der Waals surface area contributed by atoms with Gasteiger partial charge in [-0.05, 0) is 31.6 Å². The fraction of sp³-hybridized carbons (Fsp3) is 0.750. The summed E-state index contributed by atoms with van der Waals surface area (Å²) in [5.74, 6) is 0.139. The summed E-state index contributed by atoms with van der Waals surface area (Å²) in [6.07, 6.45) is 3.70. The fourth-order valence-electron chi connectivity index (χ4n) is 2.70. The highest BCUT2D eigenvalue weighted by Gasteiger charge is 2.30. The van der Waals surface area contributed by atoms with Crippen LogP contribution in [0.1, 0.15) is 61.7 Å². The average Bonchev–Trinajstić information content (AvgIpc) is 2.89. The van der Waals surface area contributed by atoms with Crippen LogP contribution in [-0.2, 0) is 17.6 Å². The second-order valence-corrected chi connectivity index (χ2v) is 7.32. The number of carbonyl (C=O) groups excluding carboxylic acids is 1. The van der Waals surface area contributed by atoms with Crippen LogP contribution in [0.3, 0.4) is 0 Å². The average molecular weight is 310 g/mol. The number of nitrogens with zero attached hydrogens (tertiary/aromatic N) is 2. The molecule has 1 aliphatic rings. The minimum Gasteiger partial charge on any atom is -0.392 e. The molecule has 21 heavy (non-hydrogen) atoms. The van der Waals surface area contributed by atoms with E-state index in [0.29, 0.717) is 0 Å². The number of fused-ring (bicyclic) bond motifs is 1. The quantitative estimate of drug-likeness (QED) is 0.909. The van der Waals surface area contributed by atoms with Crippen molar-refractivity contribution in [3.05, 3.63) is 15.6 Å². The van der Waals surface area contributed by atoms with Gasteiger partial charge in [0.1, 0.15) is 0 Å². The molecule has 0 spiro atoms. The van der Waals surface area contributed by atoms with Crippen molar-refractivity contribution in [2.75, 3.05) is 7.05 Å². The van der Waals surface area contributed by atoms with Gasteiger partial charge in [0.15, 0.2) is 0 Å². The molecule has 0 bridgehead atoms. The molecule has 0 aliphatic heterocycles. The Morgan fingerprint density at radius 3 is 2.86 bits per heavy atom. The van der Waals surface area contributed by atoms with E-state index in [1.165, 1.54) is 10.6 Å². The summed E-state index contributed by atoms with van der Waals surface area (Å²) in [6, 6.07) is 0.137. The van der Waals surface area contributed by atoms with E-state index in [2.05, 4.69) is 11.9 Å². The molecule has 1 aliphatic carbocycles. The second kappa shape index (κ2) is 6.88. The van der Waals surface area contributed by atoms with Crippen molar-refractivity contribution in [2.24, 2.45) is 5.92 Å². The van der Waals surface area contributed by atoms with Crippen LogP contribution in [0.15, 0.2) is 0 Å². The smallest absolute Gasteiger partial charge is 0.225 e. The maximum atomic E-state index is 12.4. The van der Waals surface area contributed by atoms with E-state index < -0.39 is 6.10 Å². The van der Waals surface area contributed by atoms with Gasteiger partial charge in [-0.15, -0.1) is 11.3 Å². The molecule has 1 aromatic rings. The molecule has 1 amide bonds. The maximum absolute atomic E-state index is 12.4. The van der Waals surface area contributed by atoms with E-state index in [4.69, 9.17) is 0 Å². The standard InChI is InChI=1S/C16H26N2O2S/c1-5-14-17-11-7-6-8-12(16(11)21-14)18(4)15(20)9-13(19)10(2)3/h10,12-13,19H,5-9H2,1-4H3. The van der Waals surface area contributed by atoms with Gasteiger partial charge in [0.05, 0.1) is 34.1 Å². The first-order valence-corrected chi connectivity index (χ1v) is 8.67. The molecule has 2 unspecified atom stereocenters. The molecule has 1 aromatic heterocycles. The van der Waals surface area contributed by atoms with E-state index in [1.54, 1.807) is 11.3 Å². The third-order valence-corrected chi connectivity index (χ3v) is 5.63. The minimum atomic E-state index is -0.560. The number of aliphatic hydroxyl groups excluding tert-OH is 1. The molecule has 1 heterocycles. The first-order valence-electron chi connectivity index (χ1n) is 7.86. The molecule has 118 valence electrons. The number of hydrogen-bond acceptors (Lipinski definition) is 4. The van der Waals surface area contributed by atoms with E-state index in [0.717, 1.165) is 30.7 Å². The molecule has 1 N–H and O–H groups in total. The van der Waals surface area contributed by atoms with Crippen LogP contribution >= 0.6 is 11.3 Å². The molecule has 5 heteroatoms. The highest BCUT2D eigenvalue weighted by molar-refractivity contribution is 7.11. The van der Waals surface area contributed by atoms with Gasteiger partial charge in [-0.3, -0.25) is 4.79 Å². The predicted octanol–water partition coefficient (Wildman–Crippen LogP) is 2.95. The number of aromatic nitrogens is 1. The Morgan fingerprint density at radius 1 is 1.52 bits per heavy atom. The highest BCUT2D eigenvalue weighted by atomic mass is 32.1. The van der Waals surface area contributed by atoms with Crippen LogP contribution in [0.4, 0.5) is 0 Å². The zero-order chi connectivity index (χ0) is 15.6. The predicted molar refractivity (Wildman–Crippen MR) is 85.4 cm³/mol. The summed E-state index contributed by atoms with van der Waals surface area (Å²) in [7, 11) is 1.86. The lowest BCUT2D eigenvalue weighted by Crippen LogP contribution is -2.35. The van der Waals surface area contributed by atoms with Gasteiger partial charge in [-0.25, -0.2) is 4.98 Å². The van der Waals surface area contributed by atoms with Crippen molar-refractivity contribution in [3.63, 3.8) is 0 Å². The molecular weight excluding hydrogens is 284 g/mol.